The predicted octanol–water partition coefficient (Wildman–Crippen LogP) is 2.00. The minimum atomic E-state index is -0.161. The quantitative estimate of drug-likeness (QED) is 0.743. The Morgan fingerprint density at radius 3 is 2.86 bits per heavy atom. The topological polar surface area (TPSA) is 55.2 Å². The van der Waals surface area contributed by atoms with Crippen LogP contribution in [0.4, 0.5) is 0 Å². The van der Waals surface area contributed by atoms with Crippen molar-refractivity contribution >= 4 is 17.7 Å². The van der Waals surface area contributed by atoms with Gasteiger partial charge in [-0.2, -0.15) is 0 Å². The Balaban J connectivity index is 1.56. The van der Waals surface area contributed by atoms with Gasteiger partial charge in [-0.05, 0) is 24.7 Å². The van der Waals surface area contributed by atoms with Gasteiger partial charge in [0.2, 0.25) is 0 Å². The molecule has 2 atom stereocenters. The van der Waals surface area contributed by atoms with Crippen molar-refractivity contribution in [3.05, 3.63) is 22.1 Å². The Bertz CT molecular complexity index is 657. The fraction of sp³-hybridized carbons (Fsp3) is 0.688. The van der Waals surface area contributed by atoms with Gasteiger partial charge in [-0.25, -0.2) is 4.98 Å². The van der Waals surface area contributed by atoms with Gasteiger partial charge in [0.25, 0.3) is 11.5 Å². The normalized spacial score (nSPS) is 27.4. The number of amides is 1. The van der Waals surface area contributed by atoms with Crippen LogP contribution in [-0.2, 0) is 6.54 Å². The molecule has 0 bridgehead atoms. The van der Waals surface area contributed by atoms with E-state index in [9.17, 15) is 9.59 Å². The van der Waals surface area contributed by atoms with Gasteiger partial charge < -0.3 is 4.90 Å². The van der Waals surface area contributed by atoms with Crippen molar-refractivity contribution in [3.8, 4) is 0 Å². The average Bonchev–Trinajstić information content (AvgIpc) is 3.04. The Morgan fingerprint density at radius 1 is 1.18 bits per heavy atom. The molecule has 1 saturated carbocycles. The highest BCUT2D eigenvalue weighted by Gasteiger charge is 2.34. The molecule has 2 aliphatic heterocycles. The number of carbonyl (C=O) groups excluding carboxylic acids is 1. The maximum atomic E-state index is 12.8. The molecule has 3 aliphatic rings. The summed E-state index contributed by atoms with van der Waals surface area (Å²) in [6.45, 7) is 2.27. The van der Waals surface area contributed by atoms with Crippen LogP contribution in [0, 0.1) is 11.8 Å². The van der Waals surface area contributed by atoms with E-state index in [0.29, 0.717) is 12.5 Å². The molecule has 0 N–H and O–H groups in total. The first kappa shape index (κ1) is 14.3. The van der Waals surface area contributed by atoms with E-state index in [1.807, 2.05) is 4.90 Å². The van der Waals surface area contributed by atoms with Gasteiger partial charge in [-0.15, -0.1) is 0 Å². The molecule has 2 fully saturated rings. The van der Waals surface area contributed by atoms with Crippen LogP contribution in [0.1, 0.15) is 42.5 Å². The third kappa shape index (κ3) is 2.37. The molecular formula is C16H21N3O2S. The lowest BCUT2D eigenvalue weighted by atomic mass is 9.75. The van der Waals surface area contributed by atoms with Crippen LogP contribution in [0.5, 0.6) is 0 Å². The van der Waals surface area contributed by atoms with Gasteiger partial charge in [0, 0.05) is 31.6 Å². The van der Waals surface area contributed by atoms with Gasteiger partial charge in [-0.1, -0.05) is 31.0 Å². The number of carbonyl (C=O) groups is 1. The molecule has 0 unspecified atom stereocenters. The van der Waals surface area contributed by atoms with Crippen molar-refractivity contribution < 1.29 is 4.79 Å². The summed E-state index contributed by atoms with van der Waals surface area (Å²) in [5, 5.41) is 0.743. The van der Waals surface area contributed by atoms with Gasteiger partial charge in [0.05, 0.1) is 0 Å². The minimum absolute atomic E-state index is 0.117. The number of thioether (sulfide) groups is 1. The molecular weight excluding hydrogens is 298 g/mol. The Labute approximate surface area is 134 Å². The van der Waals surface area contributed by atoms with Crippen molar-refractivity contribution in [1.29, 1.82) is 0 Å². The van der Waals surface area contributed by atoms with Crippen LogP contribution in [0.3, 0.4) is 0 Å². The van der Waals surface area contributed by atoms with Crippen LogP contribution in [0.15, 0.2) is 16.1 Å². The molecule has 5 nitrogen and oxygen atoms in total. The minimum Gasteiger partial charge on any atom is -0.338 e. The lowest BCUT2D eigenvalue weighted by molar-refractivity contribution is 0.0518. The first-order valence-corrected chi connectivity index (χ1v) is 9.24. The number of fused-ring (bicyclic) bond motifs is 2. The molecule has 1 aromatic heterocycles. The standard InChI is InChI=1S/C16H21N3O2S/c20-14(13-9-17-16-19(15(13)21)7-8-22-16)18-6-5-11-3-1-2-4-12(11)10-18/h9,11-12H,1-8,10H2/t11-,12-/m1/s1. The van der Waals surface area contributed by atoms with Crippen molar-refractivity contribution in [1.82, 2.24) is 14.5 Å². The van der Waals surface area contributed by atoms with E-state index in [4.69, 9.17) is 0 Å². The van der Waals surface area contributed by atoms with Crippen LogP contribution in [0.2, 0.25) is 0 Å². The molecule has 1 saturated heterocycles. The fourth-order valence-electron chi connectivity index (χ4n) is 4.12. The zero-order valence-corrected chi connectivity index (χ0v) is 13.5. The molecule has 0 spiro atoms. The first-order chi connectivity index (χ1) is 10.7. The maximum absolute atomic E-state index is 12.8. The van der Waals surface area contributed by atoms with E-state index in [1.54, 1.807) is 16.3 Å². The highest BCUT2D eigenvalue weighted by molar-refractivity contribution is 7.99. The Hall–Kier alpha value is -1.30. The molecule has 118 valence electrons. The van der Waals surface area contributed by atoms with E-state index in [-0.39, 0.29) is 17.0 Å². The van der Waals surface area contributed by atoms with E-state index in [1.165, 1.54) is 31.9 Å². The maximum Gasteiger partial charge on any atom is 0.267 e. The summed E-state index contributed by atoms with van der Waals surface area (Å²) in [5.74, 6) is 2.17. The van der Waals surface area contributed by atoms with Gasteiger partial charge >= 0.3 is 0 Å². The molecule has 1 aliphatic carbocycles. The van der Waals surface area contributed by atoms with Crippen molar-refractivity contribution in [2.45, 2.75) is 43.8 Å². The summed E-state index contributed by atoms with van der Waals surface area (Å²) in [6.07, 6.45) is 7.74. The number of hydrogen-bond acceptors (Lipinski definition) is 4. The SMILES string of the molecule is O=C(c1cnc2n(c1=O)CCS2)N1CC[C@H]2CCCC[C@@H]2C1. The summed E-state index contributed by atoms with van der Waals surface area (Å²) in [4.78, 5) is 31.4. The number of hydrogen-bond donors (Lipinski definition) is 0. The van der Waals surface area contributed by atoms with E-state index in [0.717, 1.165) is 36.3 Å². The molecule has 6 heteroatoms. The summed E-state index contributed by atoms with van der Waals surface area (Å²) >= 11 is 1.58. The second-order valence-corrected chi connectivity index (χ2v) is 7.67. The second-order valence-electron chi connectivity index (χ2n) is 6.60. The van der Waals surface area contributed by atoms with Crippen LogP contribution in [0.25, 0.3) is 0 Å². The lowest BCUT2D eigenvalue weighted by Gasteiger charge is -2.41. The lowest BCUT2D eigenvalue weighted by Crippen LogP contribution is -2.46. The van der Waals surface area contributed by atoms with Crippen LogP contribution >= 0.6 is 11.8 Å². The molecule has 0 aromatic carbocycles. The number of rotatable bonds is 1. The summed E-state index contributed by atoms with van der Waals surface area (Å²) < 4.78 is 1.64. The van der Waals surface area contributed by atoms with Gasteiger partial charge in [0.1, 0.15) is 5.56 Å². The number of likely N-dealkylation sites (tertiary alicyclic amines) is 1. The van der Waals surface area contributed by atoms with E-state index in [2.05, 4.69) is 4.98 Å². The van der Waals surface area contributed by atoms with Crippen LogP contribution in [-0.4, -0.2) is 39.2 Å². The Kier molecular flexibility index (Phi) is 3.72. The van der Waals surface area contributed by atoms with Crippen LogP contribution < -0.4 is 5.56 Å². The molecule has 22 heavy (non-hydrogen) atoms. The second kappa shape index (κ2) is 5.72. The highest BCUT2D eigenvalue weighted by atomic mass is 32.2. The smallest absolute Gasteiger partial charge is 0.267 e. The average molecular weight is 319 g/mol. The van der Waals surface area contributed by atoms with E-state index < -0.39 is 0 Å². The first-order valence-electron chi connectivity index (χ1n) is 8.26. The van der Waals surface area contributed by atoms with Crippen molar-refractivity contribution in [2.75, 3.05) is 18.8 Å². The predicted molar refractivity (Wildman–Crippen MR) is 85.2 cm³/mol. The molecule has 1 amide bonds. The largest absolute Gasteiger partial charge is 0.338 e. The molecule has 1 aromatic rings. The van der Waals surface area contributed by atoms with Crippen molar-refractivity contribution in [2.24, 2.45) is 11.8 Å². The summed E-state index contributed by atoms with van der Waals surface area (Å²) in [7, 11) is 0. The molecule has 3 heterocycles. The van der Waals surface area contributed by atoms with Gasteiger partial charge in [-0.3, -0.25) is 14.2 Å². The third-order valence-corrected chi connectivity index (χ3v) is 6.34. The van der Waals surface area contributed by atoms with Crippen molar-refractivity contribution in [3.63, 3.8) is 0 Å². The Morgan fingerprint density at radius 2 is 2.00 bits per heavy atom. The van der Waals surface area contributed by atoms with E-state index >= 15 is 0 Å². The zero-order valence-electron chi connectivity index (χ0n) is 12.7. The van der Waals surface area contributed by atoms with Gasteiger partial charge in [0.15, 0.2) is 5.16 Å². The molecule has 0 radical (unpaired) electrons. The highest BCUT2D eigenvalue weighted by Crippen LogP contribution is 2.36. The third-order valence-electron chi connectivity index (χ3n) is 5.37. The molecule has 4 rings (SSSR count). The number of nitrogens with zero attached hydrogens (tertiary/aromatic N) is 3. The number of aromatic nitrogens is 2. The monoisotopic (exact) mass is 319 g/mol. The summed E-state index contributed by atoms with van der Waals surface area (Å²) in [6, 6.07) is 0. The fourth-order valence-corrected chi connectivity index (χ4v) is 5.03. The zero-order chi connectivity index (χ0) is 15.1. The summed E-state index contributed by atoms with van der Waals surface area (Å²) in [5.41, 5.74) is 0.0891. The number of piperidine rings is 1.